The molecule has 184 valence electrons. The predicted octanol–water partition coefficient (Wildman–Crippen LogP) is 6.60. The Morgan fingerprint density at radius 1 is 0.714 bits per heavy atom. The second-order valence-electron chi connectivity index (χ2n) is 9.08. The number of para-hydroxylation sites is 1. The van der Waals surface area contributed by atoms with Crippen LogP contribution in [0.2, 0.25) is 0 Å². The van der Waals surface area contributed by atoms with Crippen LogP contribution in [0.5, 0.6) is 11.5 Å². The lowest BCUT2D eigenvalue weighted by Gasteiger charge is -2.20. The molecule has 6 nitrogen and oxygen atoms in total. The smallest absolute Gasteiger partial charge is 0.265 e. The van der Waals surface area contributed by atoms with Gasteiger partial charge in [-0.25, -0.2) is 0 Å². The maximum Gasteiger partial charge on any atom is 0.265 e. The third kappa shape index (κ3) is 6.63. The van der Waals surface area contributed by atoms with E-state index < -0.39 is 6.10 Å². The molecule has 3 aromatic rings. The number of carbonyl (C=O) groups is 2. The van der Waals surface area contributed by atoms with Gasteiger partial charge in [-0.15, -0.1) is 0 Å². The van der Waals surface area contributed by atoms with Crippen molar-refractivity contribution in [2.24, 2.45) is 0 Å². The first-order valence-electron chi connectivity index (χ1n) is 11.8. The number of carbonyl (C=O) groups excluding carboxylic acids is 2. The average molecular weight is 475 g/mol. The molecule has 0 heterocycles. The van der Waals surface area contributed by atoms with Crippen LogP contribution in [0, 0.1) is 0 Å². The van der Waals surface area contributed by atoms with Crippen LogP contribution in [0.1, 0.15) is 67.9 Å². The van der Waals surface area contributed by atoms with Crippen LogP contribution in [0.3, 0.4) is 0 Å². The van der Waals surface area contributed by atoms with Gasteiger partial charge in [0.15, 0.2) is 6.10 Å². The molecular formula is C29H34N2O4. The van der Waals surface area contributed by atoms with E-state index >= 15 is 0 Å². The molecule has 2 amide bonds. The minimum atomic E-state index is -0.719. The fraction of sp³-hybridized carbons (Fsp3) is 0.310. The summed E-state index contributed by atoms with van der Waals surface area (Å²) in [5.74, 6) is 1.32. The number of rotatable bonds is 9. The Bertz CT molecular complexity index is 1130. The van der Waals surface area contributed by atoms with Crippen molar-refractivity contribution in [1.82, 2.24) is 0 Å². The van der Waals surface area contributed by atoms with Gasteiger partial charge in [0.25, 0.3) is 11.8 Å². The fourth-order valence-electron chi connectivity index (χ4n) is 3.74. The lowest BCUT2D eigenvalue weighted by molar-refractivity contribution is -0.122. The van der Waals surface area contributed by atoms with Crippen LogP contribution in [0.4, 0.5) is 11.4 Å². The first-order valence-corrected chi connectivity index (χ1v) is 11.8. The quantitative estimate of drug-likeness (QED) is 0.366. The van der Waals surface area contributed by atoms with Crippen LogP contribution >= 0.6 is 0 Å². The average Bonchev–Trinajstić information content (AvgIpc) is 2.84. The molecule has 0 aliphatic carbocycles. The molecule has 0 bridgehead atoms. The van der Waals surface area contributed by atoms with Crippen LogP contribution in [-0.4, -0.2) is 25.0 Å². The summed E-state index contributed by atoms with van der Waals surface area (Å²) >= 11 is 0. The summed E-state index contributed by atoms with van der Waals surface area (Å²) in [4.78, 5) is 25.5. The fourth-order valence-corrected chi connectivity index (χ4v) is 3.74. The lowest BCUT2D eigenvalue weighted by atomic mass is 9.92. The third-order valence-electron chi connectivity index (χ3n) is 5.77. The Hall–Kier alpha value is -3.80. The molecule has 0 radical (unpaired) electrons. The van der Waals surface area contributed by atoms with Gasteiger partial charge in [-0.1, -0.05) is 45.9 Å². The summed E-state index contributed by atoms with van der Waals surface area (Å²) in [5, 5.41) is 5.93. The Morgan fingerprint density at radius 3 is 1.77 bits per heavy atom. The summed E-state index contributed by atoms with van der Waals surface area (Å²) in [6, 6.07) is 20.0. The topological polar surface area (TPSA) is 76.7 Å². The maximum atomic E-state index is 13.0. The van der Waals surface area contributed by atoms with E-state index in [1.165, 1.54) is 0 Å². The van der Waals surface area contributed by atoms with Gasteiger partial charge in [-0.3, -0.25) is 9.59 Å². The van der Waals surface area contributed by atoms with Crippen LogP contribution in [-0.2, 0) is 4.79 Å². The third-order valence-corrected chi connectivity index (χ3v) is 5.77. The molecule has 3 rings (SSSR count). The number of hydrogen-bond acceptors (Lipinski definition) is 4. The number of anilines is 2. The van der Waals surface area contributed by atoms with Crippen molar-refractivity contribution in [3.05, 3.63) is 83.4 Å². The van der Waals surface area contributed by atoms with E-state index in [9.17, 15) is 9.59 Å². The molecule has 0 aliphatic heterocycles. The summed E-state index contributed by atoms with van der Waals surface area (Å²) in [7, 11) is 1.59. The highest BCUT2D eigenvalue weighted by Gasteiger charge is 2.18. The molecule has 0 saturated carbocycles. The molecule has 0 aromatic heterocycles. The molecule has 0 aliphatic rings. The second kappa shape index (κ2) is 11.6. The van der Waals surface area contributed by atoms with Gasteiger partial charge < -0.3 is 20.1 Å². The van der Waals surface area contributed by atoms with Gasteiger partial charge in [-0.2, -0.15) is 0 Å². The minimum absolute atomic E-state index is 0.183. The first kappa shape index (κ1) is 25.8. The summed E-state index contributed by atoms with van der Waals surface area (Å²) in [5.41, 5.74) is 4.27. The zero-order valence-electron chi connectivity index (χ0n) is 21.2. The van der Waals surface area contributed by atoms with Gasteiger partial charge in [0, 0.05) is 16.9 Å². The molecule has 0 saturated heterocycles. The van der Waals surface area contributed by atoms with E-state index in [1.807, 2.05) is 6.07 Å². The zero-order chi connectivity index (χ0) is 25.5. The van der Waals surface area contributed by atoms with Crippen molar-refractivity contribution in [3.8, 4) is 11.5 Å². The highest BCUT2D eigenvalue weighted by atomic mass is 16.5. The molecule has 0 fully saturated rings. The maximum absolute atomic E-state index is 13.0. The number of hydrogen-bond donors (Lipinski definition) is 2. The molecule has 0 spiro atoms. The van der Waals surface area contributed by atoms with E-state index in [0.717, 1.165) is 16.8 Å². The van der Waals surface area contributed by atoms with Gasteiger partial charge in [0.05, 0.1) is 7.11 Å². The van der Waals surface area contributed by atoms with E-state index in [0.29, 0.717) is 22.7 Å². The van der Waals surface area contributed by atoms with E-state index in [-0.39, 0.29) is 23.7 Å². The van der Waals surface area contributed by atoms with Crippen LogP contribution in [0.25, 0.3) is 0 Å². The van der Waals surface area contributed by atoms with Gasteiger partial charge in [0.2, 0.25) is 0 Å². The van der Waals surface area contributed by atoms with Gasteiger partial charge >= 0.3 is 0 Å². The van der Waals surface area contributed by atoms with Gasteiger partial charge in [0.1, 0.15) is 11.5 Å². The number of ether oxygens (including phenoxy) is 2. The molecule has 35 heavy (non-hydrogen) atoms. The monoisotopic (exact) mass is 474 g/mol. The van der Waals surface area contributed by atoms with E-state index in [1.54, 1.807) is 62.6 Å². The Morgan fingerprint density at radius 2 is 1.26 bits per heavy atom. The van der Waals surface area contributed by atoms with Crippen molar-refractivity contribution in [3.63, 3.8) is 0 Å². The highest BCUT2D eigenvalue weighted by molar-refractivity contribution is 6.05. The molecular weight excluding hydrogens is 440 g/mol. The van der Waals surface area contributed by atoms with E-state index in [4.69, 9.17) is 9.47 Å². The molecule has 6 heteroatoms. The van der Waals surface area contributed by atoms with Gasteiger partial charge in [-0.05, 0) is 78.4 Å². The number of methoxy groups -OCH3 is 1. The van der Waals surface area contributed by atoms with Crippen molar-refractivity contribution < 1.29 is 19.1 Å². The van der Waals surface area contributed by atoms with Crippen LogP contribution in [0.15, 0.2) is 66.7 Å². The van der Waals surface area contributed by atoms with Crippen LogP contribution < -0.4 is 20.1 Å². The first-order chi connectivity index (χ1) is 16.7. The van der Waals surface area contributed by atoms with Crippen molar-refractivity contribution in [1.29, 1.82) is 0 Å². The summed E-state index contributed by atoms with van der Waals surface area (Å²) in [6.07, 6.45) is -0.719. The lowest BCUT2D eigenvalue weighted by Crippen LogP contribution is -2.30. The highest BCUT2D eigenvalue weighted by Crippen LogP contribution is 2.32. The Kier molecular flexibility index (Phi) is 8.53. The van der Waals surface area contributed by atoms with Crippen molar-refractivity contribution >= 4 is 23.2 Å². The predicted molar refractivity (Wildman–Crippen MR) is 141 cm³/mol. The zero-order valence-corrected chi connectivity index (χ0v) is 21.2. The summed E-state index contributed by atoms with van der Waals surface area (Å²) < 4.78 is 10.9. The number of amides is 2. The Labute approximate surface area is 207 Å². The minimum Gasteiger partial charge on any atom is -0.497 e. The Balaban J connectivity index is 1.65. The number of nitrogens with one attached hydrogen (secondary N) is 2. The molecule has 1 unspecified atom stereocenters. The molecule has 3 aromatic carbocycles. The second-order valence-corrected chi connectivity index (χ2v) is 9.08. The van der Waals surface area contributed by atoms with Crippen molar-refractivity contribution in [2.75, 3.05) is 17.7 Å². The van der Waals surface area contributed by atoms with Crippen molar-refractivity contribution in [2.45, 2.75) is 52.6 Å². The largest absolute Gasteiger partial charge is 0.497 e. The normalized spacial score (nSPS) is 11.8. The standard InChI is InChI=1S/C29H34N2O4/c1-18(2)25-8-7-9-26(19(3)4)27(25)31-29(33)21-10-14-24(15-11-21)35-20(5)28(32)30-22-12-16-23(34-6)17-13-22/h7-20H,1-6H3,(H,30,32)(H,31,33). The molecule has 2 N–H and O–H groups in total. The SMILES string of the molecule is COc1ccc(NC(=O)C(C)Oc2ccc(C(=O)Nc3c(C(C)C)cccc3C(C)C)cc2)cc1. The molecule has 1 atom stereocenters. The summed E-state index contributed by atoms with van der Waals surface area (Å²) in [6.45, 7) is 10.1. The van der Waals surface area contributed by atoms with E-state index in [2.05, 4.69) is 50.5 Å². The number of benzene rings is 3.